The van der Waals surface area contributed by atoms with E-state index in [1.54, 1.807) is 12.1 Å². The topological polar surface area (TPSA) is 46.2 Å². The van der Waals surface area contributed by atoms with Crippen molar-refractivity contribution in [1.82, 2.24) is 0 Å². The summed E-state index contributed by atoms with van der Waals surface area (Å²) in [7, 11) is 0. The summed E-state index contributed by atoms with van der Waals surface area (Å²) < 4.78 is 0. The standard InChI is InChI=1S/C13H20ClNO/c1-13(2,3)12(15)7-5-9-4-6-11(16)10(14)8-9/h4,6,8,12,16H,5,7,15H2,1-3H3. The number of phenolic OH excluding ortho intramolecular Hbond substituents is 1. The van der Waals surface area contributed by atoms with Gasteiger partial charge in [-0.15, -0.1) is 0 Å². The van der Waals surface area contributed by atoms with Gasteiger partial charge in [0.05, 0.1) is 5.02 Å². The molecule has 1 atom stereocenters. The van der Waals surface area contributed by atoms with Crippen LogP contribution in [0.5, 0.6) is 5.75 Å². The van der Waals surface area contributed by atoms with E-state index in [0.717, 1.165) is 18.4 Å². The molecule has 2 nitrogen and oxygen atoms in total. The lowest BCUT2D eigenvalue weighted by atomic mass is 9.84. The van der Waals surface area contributed by atoms with Crippen LogP contribution in [0.3, 0.4) is 0 Å². The summed E-state index contributed by atoms with van der Waals surface area (Å²) in [5.74, 6) is 0.130. The largest absolute Gasteiger partial charge is 0.506 e. The van der Waals surface area contributed by atoms with Crippen molar-refractivity contribution >= 4 is 11.6 Å². The molecule has 0 aromatic heterocycles. The minimum Gasteiger partial charge on any atom is -0.506 e. The van der Waals surface area contributed by atoms with E-state index in [2.05, 4.69) is 20.8 Å². The SMILES string of the molecule is CC(C)(C)C(N)CCc1ccc(O)c(Cl)c1. The lowest BCUT2D eigenvalue weighted by molar-refractivity contribution is 0.306. The molecule has 0 fully saturated rings. The smallest absolute Gasteiger partial charge is 0.134 e. The summed E-state index contributed by atoms with van der Waals surface area (Å²) in [4.78, 5) is 0. The van der Waals surface area contributed by atoms with Crippen molar-refractivity contribution in [2.24, 2.45) is 11.1 Å². The molecular formula is C13H20ClNO. The van der Waals surface area contributed by atoms with Crippen LogP contribution in [0.1, 0.15) is 32.8 Å². The summed E-state index contributed by atoms with van der Waals surface area (Å²) >= 11 is 5.84. The summed E-state index contributed by atoms with van der Waals surface area (Å²) in [6.45, 7) is 6.42. The Kier molecular flexibility index (Phi) is 4.22. The summed E-state index contributed by atoms with van der Waals surface area (Å²) in [5.41, 5.74) is 7.32. The van der Waals surface area contributed by atoms with Crippen LogP contribution in [-0.2, 0) is 6.42 Å². The lowest BCUT2D eigenvalue weighted by Crippen LogP contribution is -2.35. The van der Waals surface area contributed by atoms with Crippen molar-refractivity contribution in [3.05, 3.63) is 28.8 Å². The van der Waals surface area contributed by atoms with Gasteiger partial charge >= 0.3 is 0 Å². The normalized spacial score (nSPS) is 13.8. The van der Waals surface area contributed by atoms with Gasteiger partial charge in [-0.05, 0) is 36.0 Å². The van der Waals surface area contributed by atoms with E-state index in [1.165, 1.54) is 0 Å². The molecule has 3 heteroatoms. The van der Waals surface area contributed by atoms with Gasteiger partial charge in [-0.2, -0.15) is 0 Å². The molecule has 16 heavy (non-hydrogen) atoms. The number of benzene rings is 1. The Labute approximate surface area is 102 Å². The summed E-state index contributed by atoms with van der Waals surface area (Å²) in [6.07, 6.45) is 1.81. The van der Waals surface area contributed by atoms with Gasteiger partial charge in [0.1, 0.15) is 5.75 Å². The average molecular weight is 242 g/mol. The molecule has 0 heterocycles. The van der Waals surface area contributed by atoms with E-state index in [4.69, 9.17) is 17.3 Å². The predicted molar refractivity (Wildman–Crippen MR) is 68.9 cm³/mol. The molecule has 1 aromatic carbocycles. The van der Waals surface area contributed by atoms with Crippen molar-refractivity contribution in [2.45, 2.75) is 39.7 Å². The molecule has 0 amide bonds. The fourth-order valence-corrected chi connectivity index (χ4v) is 1.66. The molecule has 1 aromatic rings. The Bertz CT molecular complexity index is 357. The second-order valence-corrected chi connectivity index (χ2v) is 5.70. The van der Waals surface area contributed by atoms with Crippen molar-refractivity contribution in [3.8, 4) is 5.75 Å². The Balaban J connectivity index is 2.58. The van der Waals surface area contributed by atoms with Crippen molar-refractivity contribution < 1.29 is 5.11 Å². The molecule has 0 bridgehead atoms. The third-order valence-electron chi connectivity index (χ3n) is 2.87. The maximum Gasteiger partial charge on any atom is 0.134 e. The highest BCUT2D eigenvalue weighted by atomic mass is 35.5. The number of phenols is 1. The van der Waals surface area contributed by atoms with Gasteiger partial charge in [-0.1, -0.05) is 38.4 Å². The highest BCUT2D eigenvalue weighted by Crippen LogP contribution is 2.26. The quantitative estimate of drug-likeness (QED) is 0.853. The monoisotopic (exact) mass is 241 g/mol. The first kappa shape index (κ1) is 13.3. The van der Waals surface area contributed by atoms with Crippen LogP contribution in [0, 0.1) is 5.41 Å². The zero-order valence-electron chi connectivity index (χ0n) is 10.1. The molecule has 0 spiro atoms. The number of aromatic hydroxyl groups is 1. The maximum absolute atomic E-state index is 9.29. The minimum absolute atomic E-state index is 0.126. The first-order valence-corrected chi connectivity index (χ1v) is 5.91. The van der Waals surface area contributed by atoms with Crippen molar-refractivity contribution in [1.29, 1.82) is 0 Å². The molecule has 0 aliphatic rings. The molecule has 0 saturated carbocycles. The van der Waals surface area contributed by atoms with Gasteiger partial charge in [0.15, 0.2) is 0 Å². The van der Waals surface area contributed by atoms with Gasteiger partial charge in [0.25, 0.3) is 0 Å². The number of hydrogen-bond acceptors (Lipinski definition) is 2. The average Bonchev–Trinajstić information content (AvgIpc) is 2.18. The number of hydrogen-bond donors (Lipinski definition) is 2. The van der Waals surface area contributed by atoms with Crippen LogP contribution in [-0.4, -0.2) is 11.1 Å². The molecule has 1 rings (SSSR count). The van der Waals surface area contributed by atoms with E-state index in [0.29, 0.717) is 5.02 Å². The maximum atomic E-state index is 9.29. The van der Waals surface area contributed by atoms with Crippen molar-refractivity contribution in [2.75, 3.05) is 0 Å². The van der Waals surface area contributed by atoms with Crippen LogP contribution in [0.4, 0.5) is 0 Å². The van der Waals surface area contributed by atoms with Gasteiger partial charge in [0.2, 0.25) is 0 Å². The predicted octanol–water partition coefficient (Wildman–Crippen LogP) is 3.35. The van der Waals surface area contributed by atoms with Gasteiger partial charge < -0.3 is 10.8 Å². The second kappa shape index (κ2) is 5.07. The molecule has 3 N–H and O–H groups in total. The number of rotatable bonds is 3. The Morgan fingerprint density at radius 3 is 2.50 bits per heavy atom. The summed E-state index contributed by atoms with van der Waals surface area (Å²) in [5, 5.41) is 9.70. The van der Waals surface area contributed by atoms with E-state index >= 15 is 0 Å². The second-order valence-electron chi connectivity index (χ2n) is 5.30. The van der Waals surface area contributed by atoms with Gasteiger partial charge in [-0.25, -0.2) is 0 Å². The zero-order valence-corrected chi connectivity index (χ0v) is 10.9. The summed E-state index contributed by atoms with van der Waals surface area (Å²) in [6, 6.07) is 5.48. The number of halogens is 1. The third kappa shape index (κ3) is 3.69. The van der Waals surface area contributed by atoms with Crippen LogP contribution in [0.25, 0.3) is 0 Å². The molecule has 0 saturated heterocycles. The van der Waals surface area contributed by atoms with Crippen LogP contribution >= 0.6 is 11.6 Å². The number of aryl methyl sites for hydroxylation is 1. The van der Waals surface area contributed by atoms with E-state index < -0.39 is 0 Å². The fourth-order valence-electron chi connectivity index (χ4n) is 1.46. The molecule has 0 aliphatic heterocycles. The van der Waals surface area contributed by atoms with Crippen molar-refractivity contribution in [3.63, 3.8) is 0 Å². The first-order chi connectivity index (χ1) is 7.30. The minimum atomic E-state index is 0.126. The lowest BCUT2D eigenvalue weighted by Gasteiger charge is -2.27. The molecule has 0 radical (unpaired) electrons. The Morgan fingerprint density at radius 2 is 2.00 bits per heavy atom. The molecule has 1 unspecified atom stereocenters. The molecule has 0 aliphatic carbocycles. The van der Waals surface area contributed by atoms with Crippen LogP contribution in [0.15, 0.2) is 18.2 Å². The number of nitrogens with two attached hydrogens (primary N) is 1. The first-order valence-electron chi connectivity index (χ1n) is 5.53. The Hall–Kier alpha value is -0.730. The van der Waals surface area contributed by atoms with Gasteiger partial charge in [-0.3, -0.25) is 0 Å². The highest BCUT2D eigenvalue weighted by Gasteiger charge is 2.20. The van der Waals surface area contributed by atoms with Gasteiger partial charge in [0, 0.05) is 6.04 Å². The van der Waals surface area contributed by atoms with E-state index in [-0.39, 0.29) is 17.2 Å². The van der Waals surface area contributed by atoms with Crippen LogP contribution in [0.2, 0.25) is 5.02 Å². The molecular weight excluding hydrogens is 222 g/mol. The highest BCUT2D eigenvalue weighted by molar-refractivity contribution is 6.32. The van der Waals surface area contributed by atoms with E-state index in [9.17, 15) is 5.11 Å². The van der Waals surface area contributed by atoms with E-state index in [1.807, 2.05) is 6.07 Å². The third-order valence-corrected chi connectivity index (χ3v) is 3.17. The zero-order chi connectivity index (χ0) is 12.3. The van der Waals surface area contributed by atoms with Crippen LogP contribution < -0.4 is 5.73 Å². The molecule has 90 valence electrons. The fraction of sp³-hybridized carbons (Fsp3) is 0.538. The Morgan fingerprint density at radius 1 is 1.38 bits per heavy atom.